The van der Waals surface area contributed by atoms with Crippen molar-refractivity contribution in [2.24, 2.45) is 0 Å². The largest absolute Gasteiger partial charge is 0.493 e. The van der Waals surface area contributed by atoms with Crippen molar-refractivity contribution in [1.82, 2.24) is 14.9 Å². The highest BCUT2D eigenvalue weighted by atomic mass is 16.5. The van der Waals surface area contributed by atoms with Crippen molar-refractivity contribution in [3.05, 3.63) is 102 Å². The third-order valence-corrected chi connectivity index (χ3v) is 6.27. The summed E-state index contributed by atoms with van der Waals surface area (Å²) < 4.78 is 13.8. The Bertz CT molecular complexity index is 1360. The van der Waals surface area contributed by atoms with E-state index >= 15 is 0 Å². The number of carbonyl (C=O) groups is 1. The molecule has 6 nitrogen and oxygen atoms in total. The predicted octanol–water partition coefficient (Wildman–Crippen LogP) is 5.91. The molecule has 1 heterocycles. The van der Waals surface area contributed by atoms with Crippen LogP contribution in [-0.2, 0) is 19.4 Å². The summed E-state index contributed by atoms with van der Waals surface area (Å²) in [6, 6.07) is 21.8. The van der Waals surface area contributed by atoms with E-state index in [0.717, 1.165) is 71.7 Å². The molecule has 0 radical (unpaired) electrons. The minimum atomic E-state index is -0.0395. The number of benzene rings is 3. The van der Waals surface area contributed by atoms with Gasteiger partial charge < -0.3 is 19.4 Å². The molecule has 1 amide bonds. The second-order valence-electron chi connectivity index (χ2n) is 9.08. The molecule has 0 saturated carbocycles. The quantitative estimate of drug-likeness (QED) is 0.184. The van der Waals surface area contributed by atoms with Crippen LogP contribution in [0.25, 0.3) is 11.0 Å². The Morgan fingerprint density at radius 2 is 1.92 bits per heavy atom. The highest BCUT2D eigenvalue weighted by Gasteiger charge is 2.12. The van der Waals surface area contributed by atoms with Crippen LogP contribution >= 0.6 is 0 Å². The lowest BCUT2D eigenvalue weighted by molar-refractivity contribution is 0.0953. The molecule has 0 spiro atoms. The summed E-state index contributed by atoms with van der Waals surface area (Å²) in [5, 5.41) is 3.03. The zero-order valence-electron chi connectivity index (χ0n) is 21.7. The zero-order valence-corrected chi connectivity index (χ0v) is 21.7. The molecule has 0 aliphatic carbocycles. The zero-order chi connectivity index (χ0) is 26.0. The van der Waals surface area contributed by atoms with Gasteiger partial charge in [-0.2, -0.15) is 0 Å². The number of nitrogens with zero attached hydrogens (tertiary/aromatic N) is 2. The highest BCUT2D eigenvalue weighted by molar-refractivity contribution is 5.94. The summed E-state index contributed by atoms with van der Waals surface area (Å²) in [7, 11) is 1.66. The van der Waals surface area contributed by atoms with Gasteiger partial charge in [-0.15, -0.1) is 6.58 Å². The minimum absolute atomic E-state index is 0.0395. The number of rotatable bonds is 13. The summed E-state index contributed by atoms with van der Waals surface area (Å²) in [5.74, 6) is 2.47. The average Bonchev–Trinajstić information content (AvgIpc) is 3.27. The van der Waals surface area contributed by atoms with Crippen molar-refractivity contribution in [3.8, 4) is 11.5 Å². The lowest BCUT2D eigenvalue weighted by Gasteiger charge is -2.13. The van der Waals surface area contributed by atoms with E-state index in [1.54, 1.807) is 7.11 Å². The summed E-state index contributed by atoms with van der Waals surface area (Å²) in [6.07, 6.45) is 5.09. The second kappa shape index (κ2) is 12.8. The Kier molecular flexibility index (Phi) is 8.98. The number of hydrogen-bond acceptors (Lipinski definition) is 4. The second-order valence-corrected chi connectivity index (χ2v) is 9.08. The van der Waals surface area contributed by atoms with E-state index in [0.29, 0.717) is 18.7 Å². The van der Waals surface area contributed by atoms with Gasteiger partial charge in [-0.05, 0) is 68.1 Å². The fourth-order valence-corrected chi connectivity index (χ4v) is 4.43. The number of aromatic nitrogens is 2. The number of hydrogen-bond donors (Lipinski definition) is 1. The maximum absolute atomic E-state index is 12.4. The van der Waals surface area contributed by atoms with Gasteiger partial charge in [0.25, 0.3) is 5.91 Å². The van der Waals surface area contributed by atoms with Crippen LogP contribution in [0.1, 0.15) is 40.2 Å². The average molecular weight is 498 g/mol. The van der Waals surface area contributed by atoms with Crippen LogP contribution in [-0.4, -0.2) is 35.7 Å². The Labute approximate surface area is 218 Å². The maximum Gasteiger partial charge on any atom is 0.251 e. The fourth-order valence-electron chi connectivity index (χ4n) is 4.43. The Morgan fingerprint density at radius 1 is 1.05 bits per heavy atom. The molecular formula is C31H35N3O3. The molecular weight excluding hydrogens is 462 g/mol. The highest BCUT2D eigenvalue weighted by Crippen LogP contribution is 2.28. The number of allylic oxidation sites excluding steroid dienone is 1. The molecule has 0 bridgehead atoms. The summed E-state index contributed by atoms with van der Waals surface area (Å²) in [4.78, 5) is 17.3. The smallest absolute Gasteiger partial charge is 0.251 e. The lowest BCUT2D eigenvalue weighted by Crippen LogP contribution is -2.25. The number of fused-ring (bicyclic) bond motifs is 1. The normalized spacial score (nSPS) is 10.9. The molecule has 0 atom stereocenters. The van der Waals surface area contributed by atoms with Crippen LogP contribution in [0.4, 0.5) is 0 Å². The van der Waals surface area contributed by atoms with Gasteiger partial charge in [-0.3, -0.25) is 4.79 Å². The minimum Gasteiger partial charge on any atom is -0.493 e. The first-order chi connectivity index (χ1) is 18.1. The summed E-state index contributed by atoms with van der Waals surface area (Å²) >= 11 is 0. The van der Waals surface area contributed by atoms with Crippen molar-refractivity contribution in [3.63, 3.8) is 0 Å². The molecule has 0 aliphatic heterocycles. The molecule has 4 aromatic rings. The molecule has 0 saturated heterocycles. The molecule has 3 aromatic carbocycles. The number of aryl methyl sites for hydroxylation is 3. The van der Waals surface area contributed by atoms with E-state index in [-0.39, 0.29) is 5.91 Å². The maximum atomic E-state index is 12.4. The van der Waals surface area contributed by atoms with Crippen molar-refractivity contribution in [1.29, 1.82) is 0 Å². The van der Waals surface area contributed by atoms with Crippen LogP contribution in [0.15, 0.2) is 79.4 Å². The van der Waals surface area contributed by atoms with Gasteiger partial charge >= 0.3 is 0 Å². The monoisotopic (exact) mass is 497 g/mol. The number of amides is 1. The van der Waals surface area contributed by atoms with E-state index < -0.39 is 0 Å². The summed E-state index contributed by atoms with van der Waals surface area (Å²) in [6.45, 7) is 7.74. The van der Waals surface area contributed by atoms with Gasteiger partial charge in [-0.1, -0.05) is 42.0 Å². The molecule has 0 fully saturated rings. The standard InChI is InChI=1S/C31H35N3O3/c1-4-10-24-16-17-28(29(22-24)36-3)37-20-9-19-34-27-14-6-5-13-26(27)33-30(34)15-8-18-32-31(35)25-12-7-11-23(2)21-25/h4-7,11-14,16-17,21-22H,1,8-10,15,18-20H2,2-3H3,(H,32,35). The van der Waals surface area contributed by atoms with Crippen LogP contribution in [0.3, 0.4) is 0 Å². The van der Waals surface area contributed by atoms with Gasteiger partial charge in [0.05, 0.1) is 24.8 Å². The van der Waals surface area contributed by atoms with E-state index in [9.17, 15) is 4.79 Å². The first-order valence-electron chi connectivity index (χ1n) is 12.8. The number of methoxy groups -OCH3 is 1. The summed E-state index contributed by atoms with van der Waals surface area (Å²) in [5.41, 5.74) is 5.02. The van der Waals surface area contributed by atoms with Crippen LogP contribution in [0.5, 0.6) is 11.5 Å². The number of para-hydroxylation sites is 2. The number of ether oxygens (including phenoxy) is 2. The fraction of sp³-hybridized carbons (Fsp3) is 0.290. The van der Waals surface area contributed by atoms with Crippen molar-refractivity contribution in [2.75, 3.05) is 20.3 Å². The van der Waals surface area contributed by atoms with Gasteiger partial charge in [-0.25, -0.2) is 4.98 Å². The molecule has 1 N–H and O–H groups in total. The molecule has 6 heteroatoms. The van der Waals surface area contributed by atoms with Crippen molar-refractivity contribution in [2.45, 2.75) is 39.2 Å². The molecule has 4 rings (SSSR count). The third kappa shape index (κ3) is 6.79. The number of carbonyl (C=O) groups excluding carboxylic acids is 1. The molecule has 0 unspecified atom stereocenters. The molecule has 192 valence electrons. The molecule has 37 heavy (non-hydrogen) atoms. The SMILES string of the molecule is C=CCc1ccc(OCCCn2c(CCCNC(=O)c3cccc(C)c3)nc3ccccc32)c(OC)c1. The first-order valence-corrected chi connectivity index (χ1v) is 12.8. The Balaban J connectivity index is 1.34. The van der Waals surface area contributed by atoms with Crippen LogP contribution in [0, 0.1) is 6.92 Å². The Morgan fingerprint density at radius 3 is 2.73 bits per heavy atom. The predicted molar refractivity (Wildman–Crippen MR) is 149 cm³/mol. The van der Waals surface area contributed by atoms with E-state index in [2.05, 4.69) is 22.5 Å². The number of nitrogens with one attached hydrogen (secondary N) is 1. The molecule has 1 aromatic heterocycles. The lowest BCUT2D eigenvalue weighted by atomic mass is 10.1. The van der Waals surface area contributed by atoms with Crippen molar-refractivity contribution >= 4 is 16.9 Å². The van der Waals surface area contributed by atoms with E-state index in [4.69, 9.17) is 14.5 Å². The van der Waals surface area contributed by atoms with Gasteiger partial charge in [0.1, 0.15) is 5.82 Å². The van der Waals surface area contributed by atoms with Gasteiger partial charge in [0.15, 0.2) is 11.5 Å². The van der Waals surface area contributed by atoms with Crippen molar-refractivity contribution < 1.29 is 14.3 Å². The molecule has 0 aliphatic rings. The van der Waals surface area contributed by atoms with E-state index in [1.165, 1.54) is 0 Å². The van der Waals surface area contributed by atoms with Crippen LogP contribution < -0.4 is 14.8 Å². The Hall–Kier alpha value is -4.06. The van der Waals surface area contributed by atoms with Crippen LogP contribution in [0.2, 0.25) is 0 Å². The first kappa shape index (κ1) is 26.0. The van der Waals surface area contributed by atoms with E-state index in [1.807, 2.05) is 73.7 Å². The number of imidazole rings is 1. The topological polar surface area (TPSA) is 65.4 Å². The van der Waals surface area contributed by atoms with Gasteiger partial charge in [0, 0.05) is 25.1 Å². The van der Waals surface area contributed by atoms with Gasteiger partial charge in [0.2, 0.25) is 0 Å². The third-order valence-electron chi connectivity index (χ3n) is 6.27.